The summed E-state index contributed by atoms with van der Waals surface area (Å²) in [5, 5.41) is 28.8. The number of amides is 1. The van der Waals surface area contributed by atoms with Crippen molar-refractivity contribution in [2.75, 3.05) is 12.4 Å². The summed E-state index contributed by atoms with van der Waals surface area (Å²) in [5.74, 6) is -1.42. The van der Waals surface area contributed by atoms with Gasteiger partial charge >= 0.3 is 5.82 Å². The number of nitrogens with one attached hydrogen (secondary N) is 2. The zero-order valence-electron chi connectivity index (χ0n) is 11.4. The van der Waals surface area contributed by atoms with E-state index < -0.39 is 32.3 Å². The Kier molecular flexibility index (Phi) is 4.41. The highest BCUT2D eigenvalue weighted by molar-refractivity contribution is 6.35. The molecule has 0 unspecified atom stereocenters. The van der Waals surface area contributed by atoms with Gasteiger partial charge in [0.15, 0.2) is 10.7 Å². The quantitative estimate of drug-likeness (QED) is 0.623. The molecule has 23 heavy (non-hydrogen) atoms. The first kappa shape index (κ1) is 16.2. The minimum Gasteiger partial charge on any atom is -0.494 e. The summed E-state index contributed by atoms with van der Waals surface area (Å²) in [6, 6.07) is 3.53. The summed E-state index contributed by atoms with van der Waals surface area (Å²) >= 11 is 5.70. The molecule has 0 radical (unpaired) electrons. The number of aromatic nitrogens is 2. The van der Waals surface area contributed by atoms with Crippen LogP contribution >= 0.6 is 11.6 Å². The molecule has 1 heterocycles. The number of nitro groups is 2. The second-order valence-electron chi connectivity index (χ2n) is 4.09. The van der Waals surface area contributed by atoms with Crippen LogP contribution < -0.4 is 10.1 Å². The van der Waals surface area contributed by atoms with E-state index in [-0.39, 0.29) is 17.1 Å². The SMILES string of the molecule is COc1cc([N+](=O)[O-])ccc1NC(=O)c1n[nH]c([N+](=O)[O-])c1Cl. The molecule has 0 spiro atoms. The Morgan fingerprint density at radius 2 is 2.04 bits per heavy atom. The van der Waals surface area contributed by atoms with Gasteiger partial charge in [0.2, 0.25) is 0 Å². The summed E-state index contributed by atoms with van der Waals surface area (Å²) < 4.78 is 4.96. The van der Waals surface area contributed by atoms with Gasteiger partial charge in [0.1, 0.15) is 5.75 Å². The van der Waals surface area contributed by atoms with E-state index in [0.717, 1.165) is 12.1 Å². The molecule has 2 aromatic rings. The zero-order chi connectivity index (χ0) is 17.1. The fourth-order valence-electron chi connectivity index (χ4n) is 1.67. The third-order valence-corrected chi connectivity index (χ3v) is 3.09. The van der Waals surface area contributed by atoms with Crippen molar-refractivity contribution >= 4 is 34.7 Å². The Morgan fingerprint density at radius 3 is 2.57 bits per heavy atom. The molecule has 1 aromatic heterocycles. The number of nitro benzene ring substituents is 1. The molecule has 0 bridgehead atoms. The smallest absolute Gasteiger partial charge is 0.362 e. The van der Waals surface area contributed by atoms with E-state index in [4.69, 9.17) is 16.3 Å². The van der Waals surface area contributed by atoms with E-state index >= 15 is 0 Å². The number of carbonyl (C=O) groups is 1. The van der Waals surface area contributed by atoms with E-state index in [1.165, 1.54) is 13.2 Å². The fourth-order valence-corrected chi connectivity index (χ4v) is 1.91. The minimum atomic E-state index is -0.841. The highest BCUT2D eigenvalue weighted by Crippen LogP contribution is 2.30. The lowest BCUT2D eigenvalue weighted by Crippen LogP contribution is -2.13. The normalized spacial score (nSPS) is 10.2. The number of carbonyl (C=O) groups excluding carboxylic acids is 1. The molecule has 0 atom stereocenters. The molecule has 0 aliphatic heterocycles. The number of nitrogens with zero attached hydrogens (tertiary/aromatic N) is 3. The Morgan fingerprint density at radius 1 is 1.35 bits per heavy atom. The Balaban J connectivity index is 2.30. The molecule has 12 heteroatoms. The second kappa shape index (κ2) is 6.27. The topological polar surface area (TPSA) is 153 Å². The first-order valence-corrected chi connectivity index (χ1v) is 6.25. The van der Waals surface area contributed by atoms with Crippen molar-refractivity contribution in [1.29, 1.82) is 0 Å². The highest BCUT2D eigenvalue weighted by atomic mass is 35.5. The molecule has 2 rings (SSSR count). The van der Waals surface area contributed by atoms with Crippen LogP contribution in [0.25, 0.3) is 0 Å². The van der Waals surface area contributed by atoms with Gasteiger partial charge in [-0.15, -0.1) is 5.10 Å². The monoisotopic (exact) mass is 341 g/mol. The summed E-state index contributed by atoms with van der Waals surface area (Å²) in [5.41, 5.74) is -0.503. The maximum Gasteiger partial charge on any atom is 0.362 e. The number of methoxy groups -OCH3 is 1. The molecule has 0 fully saturated rings. The summed E-state index contributed by atoms with van der Waals surface area (Å²) in [6.07, 6.45) is 0. The highest BCUT2D eigenvalue weighted by Gasteiger charge is 2.26. The first-order chi connectivity index (χ1) is 10.8. The van der Waals surface area contributed by atoms with Crippen LogP contribution in [0.5, 0.6) is 5.75 Å². The van der Waals surface area contributed by atoms with Crippen molar-refractivity contribution in [3.05, 3.63) is 49.1 Å². The molecular weight excluding hydrogens is 334 g/mol. The number of hydrogen-bond donors (Lipinski definition) is 2. The maximum atomic E-state index is 12.1. The van der Waals surface area contributed by atoms with Gasteiger partial charge < -0.3 is 20.2 Å². The maximum absolute atomic E-state index is 12.1. The van der Waals surface area contributed by atoms with Gasteiger partial charge in [0.05, 0.1) is 23.8 Å². The number of halogens is 1. The van der Waals surface area contributed by atoms with Crippen LogP contribution in [-0.2, 0) is 0 Å². The van der Waals surface area contributed by atoms with Gasteiger partial charge in [0.25, 0.3) is 11.6 Å². The van der Waals surface area contributed by atoms with Crippen LogP contribution in [0, 0.1) is 20.2 Å². The van der Waals surface area contributed by atoms with Gasteiger partial charge in [-0.05, 0) is 11.0 Å². The standard InChI is InChI=1S/C11H8ClN5O6/c1-23-7-4-5(16(19)20)2-3-6(7)13-11(18)9-8(12)10(15-14-9)17(21)22/h2-4H,1H3,(H,13,18)(H,14,15). The van der Waals surface area contributed by atoms with E-state index in [0.29, 0.717) is 0 Å². The molecule has 0 aliphatic rings. The van der Waals surface area contributed by atoms with Gasteiger partial charge in [-0.2, -0.15) is 0 Å². The second-order valence-corrected chi connectivity index (χ2v) is 4.47. The number of rotatable bonds is 5. The van der Waals surface area contributed by atoms with E-state index in [9.17, 15) is 25.0 Å². The van der Waals surface area contributed by atoms with E-state index in [1.807, 2.05) is 5.10 Å². The predicted octanol–water partition coefficient (Wildman–Crippen LogP) is 2.14. The van der Waals surface area contributed by atoms with Crippen LogP contribution in [0.2, 0.25) is 5.02 Å². The summed E-state index contributed by atoms with van der Waals surface area (Å²) in [6.45, 7) is 0. The summed E-state index contributed by atoms with van der Waals surface area (Å²) in [7, 11) is 1.26. The lowest BCUT2D eigenvalue weighted by Gasteiger charge is -2.08. The molecule has 0 saturated heterocycles. The Bertz CT molecular complexity index is 804. The average Bonchev–Trinajstić information content (AvgIpc) is 2.89. The molecule has 0 aliphatic carbocycles. The van der Waals surface area contributed by atoms with Crippen LogP contribution in [0.4, 0.5) is 17.2 Å². The number of aromatic amines is 1. The predicted molar refractivity (Wildman–Crippen MR) is 77.9 cm³/mol. The molecule has 1 aromatic carbocycles. The fraction of sp³-hybridized carbons (Fsp3) is 0.0909. The number of benzene rings is 1. The van der Waals surface area contributed by atoms with Gasteiger partial charge in [-0.25, -0.2) is 0 Å². The Hall–Kier alpha value is -3.21. The largest absolute Gasteiger partial charge is 0.494 e. The van der Waals surface area contributed by atoms with Crippen molar-refractivity contribution in [3.63, 3.8) is 0 Å². The van der Waals surface area contributed by atoms with Gasteiger partial charge in [-0.3, -0.25) is 14.9 Å². The summed E-state index contributed by atoms with van der Waals surface area (Å²) in [4.78, 5) is 32.0. The molecule has 0 saturated carbocycles. The van der Waals surface area contributed by atoms with Crippen LogP contribution in [0.1, 0.15) is 10.5 Å². The van der Waals surface area contributed by atoms with E-state index in [2.05, 4.69) is 10.4 Å². The number of H-pyrrole nitrogens is 1. The third-order valence-electron chi connectivity index (χ3n) is 2.73. The van der Waals surface area contributed by atoms with Crippen LogP contribution in [-0.4, -0.2) is 33.1 Å². The zero-order valence-corrected chi connectivity index (χ0v) is 12.2. The molecule has 2 N–H and O–H groups in total. The average molecular weight is 342 g/mol. The van der Waals surface area contributed by atoms with E-state index in [1.54, 1.807) is 0 Å². The number of anilines is 1. The Labute approximate surface area is 132 Å². The van der Waals surface area contributed by atoms with Crippen molar-refractivity contribution in [3.8, 4) is 5.75 Å². The number of ether oxygens (including phenoxy) is 1. The van der Waals surface area contributed by atoms with Crippen molar-refractivity contribution in [1.82, 2.24) is 10.2 Å². The molecule has 11 nitrogen and oxygen atoms in total. The first-order valence-electron chi connectivity index (χ1n) is 5.87. The van der Waals surface area contributed by atoms with Crippen molar-refractivity contribution in [2.24, 2.45) is 0 Å². The number of hydrogen-bond acceptors (Lipinski definition) is 7. The molecule has 120 valence electrons. The lowest BCUT2D eigenvalue weighted by molar-refractivity contribution is -0.389. The van der Waals surface area contributed by atoms with Crippen molar-refractivity contribution in [2.45, 2.75) is 0 Å². The molecular formula is C11H8ClN5O6. The van der Waals surface area contributed by atoms with Crippen LogP contribution in [0.3, 0.4) is 0 Å². The minimum absolute atomic E-state index is 0.0358. The molecule has 1 amide bonds. The van der Waals surface area contributed by atoms with Crippen LogP contribution in [0.15, 0.2) is 18.2 Å². The van der Waals surface area contributed by atoms with Gasteiger partial charge in [0, 0.05) is 6.07 Å². The van der Waals surface area contributed by atoms with Crippen molar-refractivity contribution < 1.29 is 19.4 Å². The third kappa shape index (κ3) is 3.18. The number of non-ortho nitro benzene ring substituents is 1. The van der Waals surface area contributed by atoms with Gasteiger partial charge in [-0.1, -0.05) is 16.7 Å². The lowest BCUT2D eigenvalue weighted by atomic mass is 10.2.